The fourth-order valence-electron chi connectivity index (χ4n) is 9.83. The van der Waals surface area contributed by atoms with Crippen LogP contribution in [0.25, 0.3) is 27.4 Å². The number of rotatable bonds is 16. The second kappa shape index (κ2) is 20.5. The van der Waals surface area contributed by atoms with Crippen molar-refractivity contribution >= 4 is 61.5 Å². The third-order valence-corrected chi connectivity index (χ3v) is 13.4. The van der Waals surface area contributed by atoms with Crippen molar-refractivity contribution in [1.82, 2.24) is 19.9 Å². The lowest BCUT2D eigenvalue weighted by atomic mass is 9.95. The van der Waals surface area contributed by atoms with E-state index in [2.05, 4.69) is 59.9 Å². The standard InChI is InChI=1S/C28H31FN4O3.C28H29FN4O2/c1-28(2,35)19-6-4-5-17-16(15-32-25(17)19)11-13-30-21-8-9-22(27(36-3)24(21)29)33-20-12-14-31-26-18(20)7-10-23(26)34;1-16(2)18-5-4-6-19-17(15-32-26(18)19)11-13-30-22-8-9-23(28(35-3)25(22)29)33-21-12-14-31-27-20(21)7-10-24(27)34/h4-6,8-9,12,14-15,23,30,32,34-35H,7,10-11,13H2,1-3H3,(H,31,33);4-6,8-9,12,14-15,24,30,32,34H,1,7,10-11,13H2,2-3H3,(H,31,33). The number of benzene rings is 4. The van der Waals surface area contributed by atoms with Crippen LogP contribution in [-0.4, -0.2) is 62.6 Å². The molecule has 2 aliphatic carbocycles. The van der Waals surface area contributed by atoms with Crippen LogP contribution in [0.5, 0.6) is 11.5 Å². The molecular formula is C56H60F2N8O5. The van der Waals surface area contributed by atoms with Crippen molar-refractivity contribution in [3.05, 3.63) is 161 Å². The number of anilines is 6. The summed E-state index contributed by atoms with van der Waals surface area (Å²) in [5.41, 5.74) is 12.9. The predicted molar refractivity (Wildman–Crippen MR) is 278 cm³/mol. The SMILES string of the molecule is C=C(C)c1cccc2c(CCNc3ccc(Nc4ccnc5c4CCC5O)c(OC)c3F)c[nH]c12.COc1c(Nc2ccnc3c2CCC3O)ccc(NCCc2c[nH]c3c(C(C)(C)O)cccc23)c1F. The molecule has 4 aromatic heterocycles. The van der Waals surface area contributed by atoms with Gasteiger partial charge >= 0.3 is 0 Å². The highest BCUT2D eigenvalue weighted by molar-refractivity contribution is 5.93. The molecule has 2 aliphatic rings. The van der Waals surface area contributed by atoms with Crippen LogP contribution >= 0.6 is 0 Å². The summed E-state index contributed by atoms with van der Waals surface area (Å²) >= 11 is 0. The number of nitrogens with zero attached hydrogens (tertiary/aromatic N) is 2. The van der Waals surface area contributed by atoms with Gasteiger partial charge in [-0.15, -0.1) is 0 Å². The maximum absolute atomic E-state index is 15.4. The molecule has 0 saturated carbocycles. The quantitative estimate of drug-likeness (QED) is 0.0449. The number of aliphatic hydroxyl groups excluding tert-OH is 2. The smallest absolute Gasteiger partial charge is 0.190 e. The number of hydrogen-bond donors (Lipinski definition) is 9. The van der Waals surface area contributed by atoms with Gasteiger partial charge in [0.2, 0.25) is 0 Å². The van der Waals surface area contributed by atoms with E-state index in [0.717, 1.165) is 85.0 Å². The highest BCUT2D eigenvalue weighted by Gasteiger charge is 2.27. The zero-order valence-corrected chi connectivity index (χ0v) is 40.6. The first-order chi connectivity index (χ1) is 34.2. The molecular weight excluding hydrogens is 903 g/mol. The average Bonchev–Trinajstić information content (AvgIpc) is 4.16. The third kappa shape index (κ3) is 9.85. The maximum Gasteiger partial charge on any atom is 0.190 e. The van der Waals surface area contributed by atoms with E-state index in [0.29, 0.717) is 72.9 Å². The molecule has 0 aliphatic heterocycles. The topological polar surface area (TPSA) is 185 Å². The van der Waals surface area contributed by atoms with Gasteiger partial charge in [-0.1, -0.05) is 43.0 Å². The van der Waals surface area contributed by atoms with Crippen molar-refractivity contribution in [3.63, 3.8) is 0 Å². The summed E-state index contributed by atoms with van der Waals surface area (Å²) in [5, 5.41) is 45.8. The van der Waals surface area contributed by atoms with Gasteiger partial charge in [-0.05, 0) is 124 Å². The lowest BCUT2D eigenvalue weighted by Gasteiger charge is -2.18. The summed E-state index contributed by atoms with van der Waals surface area (Å²) in [6.07, 6.45) is 10.2. The molecule has 8 aromatic rings. The van der Waals surface area contributed by atoms with Crippen LogP contribution in [0.1, 0.15) is 90.6 Å². The number of halogens is 2. The minimum atomic E-state index is -0.953. The number of pyridine rings is 2. The summed E-state index contributed by atoms with van der Waals surface area (Å²) in [4.78, 5) is 15.2. The van der Waals surface area contributed by atoms with Gasteiger partial charge in [0.15, 0.2) is 23.1 Å². The number of allylic oxidation sites excluding steroid dienone is 1. The Morgan fingerprint density at radius 2 is 1.14 bits per heavy atom. The van der Waals surface area contributed by atoms with E-state index in [1.807, 2.05) is 55.7 Å². The molecule has 4 heterocycles. The molecule has 71 heavy (non-hydrogen) atoms. The first-order valence-corrected chi connectivity index (χ1v) is 23.9. The third-order valence-electron chi connectivity index (χ3n) is 13.4. The van der Waals surface area contributed by atoms with Crippen LogP contribution in [0.2, 0.25) is 0 Å². The molecule has 10 rings (SSSR count). The highest BCUT2D eigenvalue weighted by atomic mass is 19.1. The number of aliphatic hydroxyl groups is 3. The molecule has 0 fully saturated rings. The summed E-state index contributed by atoms with van der Waals surface area (Å²) in [5.74, 6) is -0.675. The molecule has 4 aromatic carbocycles. The number of hydrogen-bond acceptors (Lipinski definition) is 11. The second-order valence-electron chi connectivity index (χ2n) is 18.6. The van der Waals surface area contributed by atoms with Crippen LogP contribution in [0, 0.1) is 11.6 Å². The summed E-state index contributed by atoms with van der Waals surface area (Å²) < 4.78 is 41.5. The van der Waals surface area contributed by atoms with E-state index in [-0.39, 0.29) is 11.5 Å². The van der Waals surface area contributed by atoms with Crippen molar-refractivity contribution in [3.8, 4) is 11.5 Å². The van der Waals surface area contributed by atoms with Gasteiger partial charge in [-0.3, -0.25) is 9.97 Å². The van der Waals surface area contributed by atoms with Crippen molar-refractivity contribution in [2.45, 2.75) is 77.1 Å². The Kier molecular flexibility index (Phi) is 14.0. The van der Waals surface area contributed by atoms with Crippen LogP contribution in [0.4, 0.5) is 42.9 Å². The van der Waals surface area contributed by atoms with Gasteiger partial charge in [0.25, 0.3) is 0 Å². The van der Waals surface area contributed by atoms with Gasteiger partial charge in [-0.2, -0.15) is 0 Å². The van der Waals surface area contributed by atoms with E-state index in [4.69, 9.17) is 9.47 Å². The van der Waals surface area contributed by atoms with Crippen molar-refractivity contribution < 1.29 is 33.6 Å². The summed E-state index contributed by atoms with van der Waals surface area (Å²) in [6, 6.07) is 22.7. The van der Waals surface area contributed by atoms with Gasteiger partial charge < -0.3 is 56.0 Å². The van der Waals surface area contributed by atoms with E-state index < -0.39 is 29.4 Å². The molecule has 0 bridgehead atoms. The number of fused-ring (bicyclic) bond motifs is 4. The fourth-order valence-corrected chi connectivity index (χ4v) is 9.83. The predicted octanol–water partition coefficient (Wildman–Crippen LogP) is 11.4. The Bertz CT molecular complexity index is 3250. The number of H-pyrrole nitrogens is 2. The number of nitrogens with one attached hydrogen (secondary N) is 6. The maximum atomic E-state index is 15.4. The first kappa shape index (κ1) is 48.6. The molecule has 9 N–H and O–H groups in total. The van der Waals surface area contributed by atoms with Crippen LogP contribution < -0.4 is 30.7 Å². The minimum Gasteiger partial charge on any atom is -0.492 e. The van der Waals surface area contributed by atoms with Crippen LogP contribution in [0.3, 0.4) is 0 Å². The molecule has 368 valence electrons. The first-order valence-electron chi connectivity index (χ1n) is 23.9. The molecule has 0 saturated heterocycles. The second-order valence-corrected chi connectivity index (χ2v) is 18.6. The van der Waals surface area contributed by atoms with Crippen molar-refractivity contribution in [1.29, 1.82) is 0 Å². The monoisotopic (exact) mass is 962 g/mol. The Balaban J connectivity index is 0.000000176. The van der Waals surface area contributed by atoms with Gasteiger partial charge in [0.1, 0.15) is 0 Å². The van der Waals surface area contributed by atoms with E-state index >= 15 is 8.78 Å². The zero-order chi connectivity index (χ0) is 50.0. The van der Waals surface area contributed by atoms with E-state index in [1.54, 1.807) is 50.5 Å². The molecule has 15 heteroatoms. The number of methoxy groups -OCH3 is 2. The number of aromatic nitrogens is 4. The largest absolute Gasteiger partial charge is 0.492 e. The molecule has 0 spiro atoms. The van der Waals surface area contributed by atoms with E-state index in [9.17, 15) is 15.3 Å². The van der Waals surface area contributed by atoms with Crippen LogP contribution in [-0.2, 0) is 31.3 Å². The number of para-hydroxylation sites is 2. The van der Waals surface area contributed by atoms with Gasteiger partial charge in [-0.25, -0.2) is 8.78 Å². The lowest BCUT2D eigenvalue weighted by Crippen LogP contribution is -2.15. The Morgan fingerprint density at radius 1 is 0.676 bits per heavy atom. The number of ether oxygens (including phenoxy) is 2. The summed E-state index contributed by atoms with van der Waals surface area (Å²) in [6.45, 7) is 10.7. The van der Waals surface area contributed by atoms with Crippen LogP contribution in [0.15, 0.2) is 104 Å². The molecule has 13 nitrogen and oxygen atoms in total. The van der Waals surface area contributed by atoms with Crippen molar-refractivity contribution in [2.75, 3.05) is 48.6 Å². The highest BCUT2D eigenvalue weighted by Crippen LogP contribution is 2.41. The van der Waals surface area contributed by atoms with Gasteiger partial charge in [0, 0.05) is 71.2 Å². The minimum absolute atomic E-state index is 0.117. The normalized spacial score (nSPS) is 15.0. The zero-order valence-electron chi connectivity index (χ0n) is 40.6. The van der Waals surface area contributed by atoms with E-state index in [1.165, 1.54) is 14.2 Å². The number of aromatic amines is 2. The molecule has 2 atom stereocenters. The Labute approximate surface area is 411 Å². The Hall–Kier alpha value is -7.46. The lowest BCUT2D eigenvalue weighted by molar-refractivity contribution is 0.0800. The molecule has 0 amide bonds. The fraction of sp³-hybridized carbons (Fsp3) is 0.286. The van der Waals surface area contributed by atoms with Crippen molar-refractivity contribution in [2.24, 2.45) is 0 Å². The van der Waals surface area contributed by atoms with Gasteiger partial charge in [0.05, 0.1) is 77.2 Å². The average molecular weight is 963 g/mol. The Morgan fingerprint density at radius 3 is 1.62 bits per heavy atom. The molecule has 0 radical (unpaired) electrons. The summed E-state index contributed by atoms with van der Waals surface area (Å²) in [7, 11) is 2.90. The molecule has 2 unspecified atom stereocenters.